The molecule has 0 radical (unpaired) electrons. The van der Waals surface area contributed by atoms with Crippen LogP contribution < -0.4 is 0 Å². The van der Waals surface area contributed by atoms with Crippen LogP contribution in [0, 0.1) is 19.3 Å². The molecule has 124 valence electrons. The number of rotatable bonds is 7. The zero-order valence-corrected chi connectivity index (χ0v) is 14.4. The van der Waals surface area contributed by atoms with Crippen molar-refractivity contribution in [3.63, 3.8) is 0 Å². The molecule has 4 nitrogen and oxygen atoms in total. The Morgan fingerprint density at radius 3 is 2.54 bits per heavy atom. The predicted octanol–water partition coefficient (Wildman–Crippen LogP) is 3.33. The van der Waals surface area contributed by atoms with E-state index in [9.17, 15) is 8.42 Å². The van der Waals surface area contributed by atoms with Gasteiger partial charge in [-0.15, -0.1) is 13.0 Å². The van der Waals surface area contributed by atoms with Gasteiger partial charge in [0.2, 0.25) is 10.0 Å². The normalized spacial score (nSPS) is 12.5. The van der Waals surface area contributed by atoms with Gasteiger partial charge in [-0.1, -0.05) is 35.8 Å². The summed E-state index contributed by atoms with van der Waals surface area (Å²) in [5, 5.41) is 0. The fourth-order valence-electron chi connectivity index (χ4n) is 2.42. The maximum atomic E-state index is 13.1. The van der Waals surface area contributed by atoms with Gasteiger partial charge < -0.3 is 0 Å². The Hall–Kier alpha value is -2.42. The molecule has 2 rings (SSSR count). The third-order valence-electron chi connectivity index (χ3n) is 3.64. The van der Waals surface area contributed by atoms with E-state index in [1.807, 2.05) is 13.0 Å². The lowest BCUT2D eigenvalue weighted by atomic mass is 10.1. The van der Waals surface area contributed by atoms with Gasteiger partial charge in [0.15, 0.2) is 0 Å². The minimum absolute atomic E-state index is 0.0364. The van der Waals surface area contributed by atoms with Gasteiger partial charge in [0, 0.05) is 6.20 Å². The van der Waals surface area contributed by atoms with Crippen molar-refractivity contribution in [2.24, 2.45) is 0 Å². The molecule has 0 bridgehead atoms. The summed E-state index contributed by atoms with van der Waals surface area (Å²) in [5.41, 5.74) is 1.63. The van der Waals surface area contributed by atoms with Crippen molar-refractivity contribution in [1.82, 2.24) is 9.29 Å². The molecule has 0 saturated carbocycles. The molecule has 24 heavy (non-hydrogen) atoms. The highest BCUT2D eigenvalue weighted by molar-refractivity contribution is 7.89. The fourth-order valence-corrected chi connectivity index (χ4v) is 3.94. The molecule has 1 aromatic heterocycles. The van der Waals surface area contributed by atoms with Crippen LogP contribution in [0.15, 0.2) is 66.2 Å². The molecule has 1 aromatic carbocycles. The van der Waals surface area contributed by atoms with Crippen molar-refractivity contribution < 1.29 is 8.42 Å². The SMILES string of the molecule is C#CCN([C@H](CC=C)c1ccccn1)S(=O)(=O)c1ccc(C)cc1. The second kappa shape index (κ2) is 7.91. The molecule has 0 fully saturated rings. The van der Waals surface area contributed by atoms with E-state index in [0.29, 0.717) is 12.1 Å². The third-order valence-corrected chi connectivity index (χ3v) is 5.51. The molecule has 1 atom stereocenters. The number of benzene rings is 1. The van der Waals surface area contributed by atoms with Crippen molar-refractivity contribution in [2.45, 2.75) is 24.3 Å². The lowest BCUT2D eigenvalue weighted by Crippen LogP contribution is -2.35. The molecular weight excluding hydrogens is 320 g/mol. The van der Waals surface area contributed by atoms with E-state index in [-0.39, 0.29) is 11.4 Å². The Labute approximate surface area is 143 Å². The molecule has 0 aliphatic rings. The number of nitrogens with zero attached hydrogens (tertiary/aromatic N) is 2. The summed E-state index contributed by atoms with van der Waals surface area (Å²) in [6.07, 6.45) is 9.17. The second-order valence-electron chi connectivity index (χ2n) is 5.36. The summed E-state index contributed by atoms with van der Waals surface area (Å²) in [6.45, 7) is 5.60. The summed E-state index contributed by atoms with van der Waals surface area (Å²) in [7, 11) is -3.75. The first-order chi connectivity index (χ1) is 11.5. The van der Waals surface area contributed by atoms with Crippen LogP contribution in [0.25, 0.3) is 0 Å². The molecule has 0 spiro atoms. The Morgan fingerprint density at radius 1 is 1.29 bits per heavy atom. The Kier molecular flexibility index (Phi) is 5.91. The Balaban J connectivity index is 2.51. The minimum atomic E-state index is -3.75. The first-order valence-corrected chi connectivity index (χ1v) is 8.98. The maximum absolute atomic E-state index is 13.1. The van der Waals surface area contributed by atoms with Crippen LogP contribution in [-0.4, -0.2) is 24.3 Å². The number of hydrogen-bond donors (Lipinski definition) is 0. The van der Waals surface area contributed by atoms with E-state index in [2.05, 4.69) is 17.5 Å². The standard InChI is InChI=1S/C19H20N2O2S/c1-4-8-19(18-9-6-7-14-20-18)21(15-5-2)24(22,23)17-12-10-16(3)11-13-17/h2,4,6-7,9-14,19H,1,8,15H2,3H3/t19-/m1/s1. The van der Waals surface area contributed by atoms with Gasteiger partial charge in [-0.3, -0.25) is 4.98 Å². The van der Waals surface area contributed by atoms with Gasteiger partial charge in [-0.2, -0.15) is 4.31 Å². The van der Waals surface area contributed by atoms with Gasteiger partial charge in [0.1, 0.15) is 0 Å². The smallest absolute Gasteiger partial charge is 0.244 e. The molecule has 1 heterocycles. The van der Waals surface area contributed by atoms with Crippen LogP contribution in [0.4, 0.5) is 0 Å². The van der Waals surface area contributed by atoms with Gasteiger partial charge in [-0.05, 0) is 37.6 Å². The van der Waals surface area contributed by atoms with E-state index in [1.165, 1.54) is 4.31 Å². The van der Waals surface area contributed by atoms with Gasteiger partial charge in [-0.25, -0.2) is 8.42 Å². The predicted molar refractivity (Wildman–Crippen MR) is 95.7 cm³/mol. The van der Waals surface area contributed by atoms with Crippen LogP contribution in [0.5, 0.6) is 0 Å². The number of hydrogen-bond acceptors (Lipinski definition) is 3. The largest absolute Gasteiger partial charge is 0.260 e. The number of sulfonamides is 1. The molecule has 0 amide bonds. The maximum Gasteiger partial charge on any atom is 0.244 e. The minimum Gasteiger partial charge on any atom is -0.260 e. The zero-order valence-electron chi connectivity index (χ0n) is 13.6. The molecule has 0 aliphatic heterocycles. The highest BCUT2D eigenvalue weighted by Gasteiger charge is 2.32. The van der Waals surface area contributed by atoms with E-state index in [0.717, 1.165) is 5.56 Å². The third kappa shape index (κ3) is 3.91. The molecule has 0 saturated heterocycles. The molecule has 5 heteroatoms. The van der Waals surface area contributed by atoms with Crippen LogP contribution >= 0.6 is 0 Å². The first-order valence-electron chi connectivity index (χ1n) is 7.54. The van der Waals surface area contributed by atoms with E-state index >= 15 is 0 Å². The molecular formula is C19H20N2O2S. The van der Waals surface area contributed by atoms with E-state index < -0.39 is 16.1 Å². The number of aromatic nitrogens is 1. The molecule has 0 aliphatic carbocycles. The molecule has 0 unspecified atom stereocenters. The van der Waals surface area contributed by atoms with E-state index in [1.54, 1.807) is 48.7 Å². The van der Waals surface area contributed by atoms with Gasteiger partial charge in [0.05, 0.1) is 23.2 Å². The van der Waals surface area contributed by atoms with Gasteiger partial charge >= 0.3 is 0 Å². The van der Waals surface area contributed by atoms with Crippen molar-refractivity contribution >= 4 is 10.0 Å². The first kappa shape index (κ1) is 17.9. The molecule has 2 aromatic rings. The summed E-state index contributed by atoms with van der Waals surface area (Å²) >= 11 is 0. The van der Waals surface area contributed by atoms with Crippen LogP contribution in [0.3, 0.4) is 0 Å². The topological polar surface area (TPSA) is 50.3 Å². The average molecular weight is 340 g/mol. The van der Waals surface area contributed by atoms with Gasteiger partial charge in [0.25, 0.3) is 0 Å². The second-order valence-corrected chi connectivity index (χ2v) is 7.25. The molecule has 0 N–H and O–H groups in total. The summed E-state index contributed by atoms with van der Waals surface area (Å²) in [6, 6.07) is 11.6. The summed E-state index contributed by atoms with van der Waals surface area (Å²) < 4.78 is 27.5. The van der Waals surface area contributed by atoms with Crippen molar-refractivity contribution in [3.8, 4) is 12.3 Å². The Bertz CT molecular complexity index is 822. The number of pyridine rings is 1. The highest BCUT2D eigenvalue weighted by atomic mass is 32.2. The summed E-state index contributed by atoms with van der Waals surface area (Å²) in [4.78, 5) is 4.52. The highest BCUT2D eigenvalue weighted by Crippen LogP contribution is 2.29. The Morgan fingerprint density at radius 2 is 2.00 bits per heavy atom. The fraction of sp³-hybridized carbons (Fsp3) is 0.211. The van der Waals surface area contributed by atoms with Crippen LogP contribution in [0.2, 0.25) is 0 Å². The van der Waals surface area contributed by atoms with Crippen LogP contribution in [-0.2, 0) is 10.0 Å². The van der Waals surface area contributed by atoms with Crippen LogP contribution in [0.1, 0.15) is 23.7 Å². The summed E-state index contributed by atoms with van der Waals surface area (Å²) in [5.74, 6) is 2.45. The lowest BCUT2D eigenvalue weighted by molar-refractivity contribution is 0.349. The number of aryl methyl sites for hydroxylation is 1. The number of terminal acetylenes is 1. The van der Waals surface area contributed by atoms with Crippen molar-refractivity contribution in [3.05, 3.63) is 72.6 Å². The lowest BCUT2D eigenvalue weighted by Gasteiger charge is -2.28. The monoisotopic (exact) mass is 340 g/mol. The average Bonchev–Trinajstić information content (AvgIpc) is 2.59. The quantitative estimate of drug-likeness (QED) is 0.574. The van der Waals surface area contributed by atoms with Crippen molar-refractivity contribution in [1.29, 1.82) is 0 Å². The van der Waals surface area contributed by atoms with Crippen molar-refractivity contribution in [2.75, 3.05) is 6.54 Å². The zero-order chi connectivity index (χ0) is 17.6. The van der Waals surface area contributed by atoms with E-state index in [4.69, 9.17) is 6.42 Å².